The van der Waals surface area contributed by atoms with E-state index in [4.69, 9.17) is 0 Å². The van der Waals surface area contributed by atoms with E-state index in [9.17, 15) is 4.79 Å². The van der Waals surface area contributed by atoms with Crippen LogP contribution in [0.3, 0.4) is 0 Å². The minimum atomic E-state index is 0.239. The molecule has 2 aliphatic heterocycles. The average molecular weight is 276 g/mol. The number of carbonyl (C=O) groups excluding carboxylic acids is 1. The number of likely N-dealkylation sites (tertiary alicyclic amines) is 1. The molecule has 5 heteroatoms. The minimum absolute atomic E-state index is 0.239. The highest BCUT2D eigenvalue weighted by Gasteiger charge is 2.35. The molecule has 0 bridgehead atoms. The Hall–Kier alpha value is -1.36. The quantitative estimate of drug-likeness (QED) is 0.904. The van der Waals surface area contributed by atoms with Crippen molar-refractivity contribution in [3.63, 3.8) is 0 Å². The summed E-state index contributed by atoms with van der Waals surface area (Å²) in [5.74, 6) is 0.239. The van der Waals surface area contributed by atoms with Crippen molar-refractivity contribution in [1.29, 1.82) is 0 Å². The van der Waals surface area contributed by atoms with E-state index in [1.54, 1.807) is 0 Å². The average Bonchev–Trinajstić information content (AvgIpc) is 2.92. The smallest absolute Gasteiger partial charge is 0.220 e. The Balaban J connectivity index is 1.47. The summed E-state index contributed by atoms with van der Waals surface area (Å²) in [6.45, 7) is 5.24. The largest absolute Gasteiger partial charge is 0.356 e. The van der Waals surface area contributed by atoms with Crippen LogP contribution in [-0.2, 0) is 11.3 Å². The van der Waals surface area contributed by atoms with Crippen molar-refractivity contribution < 1.29 is 4.79 Å². The molecule has 1 aromatic heterocycles. The van der Waals surface area contributed by atoms with Gasteiger partial charge in [-0.05, 0) is 50.3 Å². The zero-order valence-electron chi connectivity index (χ0n) is 12.1. The zero-order valence-corrected chi connectivity index (χ0v) is 12.1. The van der Waals surface area contributed by atoms with E-state index >= 15 is 0 Å². The Morgan fingerprint density at radius 3 is 2.80 bits per heavy atom. The highest BCUT2D eigenvalue weighted by atomic mass is 16.1. The molecule has 0 atom stereocenters. The lowest BCUT2D eigenvalue weighted by Crippen LogP contribution is -2.41. The van der Waals surface area contributed by atoms with Crippen molar-refractivity contribution in [2.24, 2.45) is 5.41 Å². The summed E-state index contributed by atoms with van der Waals surface area (Å²) in [6.07, 6.45) is 9.28. The van der Waals surface area contributed by atoms with Crippen LogP contribution in [-0.4, -0.2) is 46.8 Å². The fourth-order valence-corrected chi connectivity index (χ4v) is 3.49. The second-order valence-electron chi connectivity index (χ2n) is 6.21. The second-order valence-corrected chi connectivity index (χ2v) is 6.21. The van der Waals surface area contributed by atoms with Gasteiger partial charge in [0.05, 0.1) is 6.54 Å². The molecule has 0 radical (unpaired) electrons. The van der Waals surface area contributed by atoms with E-state index in [1.165, 1.54) is 12.8 Å². The van der Waals surface area contributed by atoms with Crippen LogP contribution in [0.15, 0.2) is 18.5 Å². The number of piperidine rings is 1. The fraction of sp³-hybridized carbons (Fsp3) is 0.733. The molecule has 1 aromatic rings. The number of amides is 1. The SMILES string of the molecule is O=C1CCC2(CCN1)CCN(CCn1cccn1)CC2. The van der Waals surface area contributed by atoms with Crippen molar-refractivity contribution in [1.82, 2.24) is 20.0 Å². The Bertz CT molecular complexity index is 435. The molecule has 20 heavy (non-hydrogen) atoms. The molecule has 2 saturated heterocycles. The summed E-state index contributed by atoms with van der Waals surface area (Å²) in [5, 5.41) is 7.26. The lowest BCUT2D eigenvalue weighted by atomic mass is 9.73. The van der Waals surface area contributed by atoms with Gasteiger partial charge in [0.25, 0.3) is 0 Å². The summed E-state index contributed by atoms with van der Waals surface area (Å²) >= 11 is 0. The first-order valence-electron chi connectivity index (χ1n) is 7.72. The van der Waals surface area contributed by atoms with Crippen LogP contribution >= 0.6 is 0 Å². The molecule has 2 aliphatic rings. The van der Waals surface area contributed by atoms with Crippen LogP contribution in [0.25, 0.3) is 0 Å². The molecule has 3 heterocycles. The van der Waals surface area contributed by atoms with E-state index < -0.39 is 0 Å². The first-order chi connectivity index (χ1) is 9.76. The first kappa shape index (κ1) is 13.6. The van der Waals surface area contributed by atoms with Gasteiger partial charge in [-0.1, -0.05) is 0 Å². The van der Waals surface area contributed by atoms with Crippen LogP contribution in [0.5, 0.6) is 0 Å². The zero-order chi connectivity index (χ0) is 13.8. The van der Waals surface area contributed by atoms with Crippen LogP contribution in [0.4, 0.5) is 0 Å². The van der Waals surface area contributed by atoms with Crippen LogP contribution < -0.4 is 5.32 Å². The number of hydrogen-bond acceptors (Lipinski definition) is 3. The third-order valence-corrected chi connectivity index (χ3v) is 4.98. The van der Waals surface area contributed by atoms with Gasteiger partial charge in [-0.25, -0.2) is 0 Å². The number of carbonyl (C=O) groups is 1. The van der Waals surface area contributed by atoms with Crippen molar-refractivity contribution in [3.05, 3.63) is 18.5 Å². The minimum Gasteiger partial charge on any atom is -0.356 e. The lowest BCUT2D eigenvalue weighted by Gasteiger charge is -2.41. The Kier molecular flexibility index (Phi) is 4.05. The topological polar surface area (TPSA) is 50.2 Å². The number of rotatable bonds is 3. The second kappa shape index (κ2) is 5.95. The number of nitrogens with one attached hydrogen (secondary N) is 1. The monoisotopic (exact) mass is 276 g/mol. The summed E-state index contributed by atoms with van der Waals surface area (Å²) in [4.78, 5) is 14.0. The van der Waals surface area contributed by atoms with Gasteiger partial charge in [-0.2, -0.15) is 5.10 Å². The maximum absolute atomic E-state index is 11.5. The van der Waals surface area contributed by atoms with Crippen molar-refractivity contribution >= 4 is 5.91 Å². The Morgan fingerprint density at radius 2 is 2.05 bits per heavy atom. The van der Waals surface area contributed by atoms with Gasteiger partial charge in [0.1, 0.15) is 0 Å². The van der Waals surface area contributed by atoms with Crippen LogP contribution in [0, 0.1) is 5.41 Å². The highest BCUT2D eigenvalue weighted by molar-refractivity contribution is 5.76. The van der Waals surface area contributed by atoms with Crippen molar-refractivity contribution in [2.75, 3.05) is 26.2 Å². The number of aromatic nitrogens is 2. The normalized spacial score (nSPS) is 23.5. The summed E-state index contributed by atoms with van der Waals surface area (Å²) < 4.78 is 2.00. The molecule has 5 nitrogen and oxygen atoms in total. The molecule has 0 aromatic carbocycles. The molecule has 0 unspecified atom stereocenters. The van der Waals surface area contributed by atoms with E-state index in [0.717, 1.165) is 45.6 Å². The molecule has 110 valence electrons. The number of nitrogens with zero attached hydrogens (tertiary/aromatic N) is 3. The lowest BCUT2D eigenvalue weighted by molar-refractivity contribution is -0.121. The van der Waals surface area contributed by atoms with Crippen LogP contribution in [0.2, 0.25) is 0 Å². The van der Waals surface area contributed by atoms with Crippen LogP contribution in [0.1, 0.15) is 32.1 Å². The van der Waals surface area contributed by atoms with Gasteiger partial charge in [0, 0.05) is 31.9 Å². The molecule has 1 spiro atoms. The van der Waals surface area contributed by atoms with Crippen molar-refractivity contribution in [2.45, 2.75) is 38.6 Å². The summed E-state index contributed by atoms with van der Waals surface area (Å²) in [6, 6.07) is 1.97. The Labute approximate surface area is 120 Å². The number of hydrogen-bond donors (Lipinski definition) is 1. The summed E-state index contributed by atoms with van der Waals surface area (Å²) in [7, 11) is 0. The van der Waals surface area contributed by atoms with Gasteiger partial charge in [0.15, 0.2) is 0 Å². The standard InChI is InChI=1S/C15H24N4O/c20-14-2-3-15(4-8-16-14)5-10-18(11-6-15)12-13-19-9-1-7-17-19/h1,7,9H,2-6,8,10-13H2,(H,16,20). The Morgan fingerprint density at radius 1 is 1.20 bits per heavy atom. The maximum Gasteiger partial charge on any atom is 0.220 e. The molecule has 1 N–H and O–H groups in total. The van der Waals surface area contributed by atoms with Gasteiger partial charge in [-0.15, -0.1) is 0 Å². The molecule has 1 amide bonds. The third kappa shape index (κ3) is 3.20. The maximum atomic E-state index is 11.5. The molecule has 0 saturated carbocycles. The van der Waals surface area contributed by atoms with Crippen molar-refractivity contribution in [3.8, 4) is 0 Å². The summed E-state index contributed by atoms with van der Waals surface area (Å²) in [5.41, 5.74) is 0.418. The van der Waals surface area contributed by atoms with E-state index in [-0.39, 0.29) is 5.91 Å². The molecule has 2 fully saturated rings. The molecule has 0 aliphatic carbocycles. The molecular weight excluding hydrogens is 252 g/mol. The van der Waals surface area contributed by atoms with Gasteiger partial charge < -0.3 is 10.2 Å². The van der Waals surface area contributed by atoms with E-state index in [1.807, 2.05) is 23.1 Å². The van der Waals surface area contributed by atoms with Gasteiger partial charge in [-0.3, -0.25) is 9.48 Å². The highest BCUT2D eigenvalue weighted by Crippen LogP contribution is 2.40. The molecule has 3 rings (SSSR count). The van der Waals surface area contributed by atoms with E-state index in [2.05, 4.69) is 15.3 Å². The first-order valence-corrected chi connectivity index (χ1v) is 7.72. The third-order valence-electron chi connectivity index (χ3n) is 4.98. The fourth-order valence-electron chi connectivity index (χ4n) is 3.49. The van der Waals surface area contributed by atoms with E-state index in [0.29, 0.717) is 11.8 Å². The van der Waals surface area contributed by atoms with Gasteiger partial charge in [0.2, 0.25) is 5.91 Å². The predicted octanol–water partition coefficient (Wildman–Crippen LogP) is 1.27. The predicted molar refractivity (Wildman–Crippen MR) is 77.2 cm³/mol. The van der Waals surface area contributed by atoms with Gasteiger partial charge >= 0.3 is 0 Å². The molecular formula is C15H24N4O.